The van der Waals surface area contributed by atoms with Crippen molar-refractivity contribution in [3.63, 3.8) is 0 Å². The minimum absolute atomic E-state index is 0.409. The summed E-state index contributed by atoms with van der Waals surface area (Å²) < 4.78 is 0. The van der Waals surface area contributed by atoms with Gasteiger partial charge in [0.2, 0.25) is 0 Å². The predicted octanol–water partition coefficient (Wildman–Crippen LogP) is 2.65. The van der Waals surface area contributed by atoms with E-state index < -0.39 is 0 Å². The van der Waals surface area contributed by atoms with E-state index in [0.29, 0.717) is 6.04 Å². The number of nitrogens with zero attached hydrogens (tertiary/aromatic N) is 4. The Kier molecular flexibility index (Phi) is 3.19. The molecule has 0 radical (unpaired) electrons. The summed E-state index contributed by atoms with van der Waals surface area (Å²) in [6, 6.07) is 2.68. The maximum Gasteiger partial charge on any atom is 0.137 e. The van der Waals surface area contributed by atoms with Gasteiger partial charge in [-0.3, -0.25) is 0 Å². The van der Waals surface area contributed by atoms with Crippen LogP contribution in [0.5, 0.6) is 0 Å². The third-order valence-corrected chi connectivity index (χ3v) is 5.72. The lowest BCUT2D eigenvalue weighted by molar-refractivity contribution is 0.309. The van der Waals surface area contributed by atoms with Crippen LogP contribution in [0.3, 0.4) is 0 Å². The van der Waals surface area contributed by atoms with Crippen LogP contribution in [0.15, 0.2) is 17.8 Å². The molecule has 110 valence electrons. The second kappa shape index (κ2) is 5.07. The molecular weight excluding hydrogens is 280 g/mol. The minimum Gasteiger partial charge on any atom is -0.349 e. The molecule has 2 aliphatic rings. The van der Waals surface area contributed by atoms with Crippen LogP contribution in [0.2, 0.25) is 0 Å². The quantitative estimate of drug-likeness (QED) is 0.810. The van der Waals surface area contributed by atoms with E-state index >= 15 is 0 Å². The summed E-state index contributed by atoms with van der Waals surface area (Å²) in [5, 5.41) is 2.22. The second-order valence-electron chi connectivity index (χ2n) is 6.03. The smallest absolute Gasteiger partial charge is 0.137 e. The molecule has 0 saturated carbocycles. The van der Waals surface area contributed by atoms with Gasteiger partial charge in [0.05, 0.1) is 11.7 Å². The van der Waals surface area contributed by atoms with Crippen LogP contribution in [0.4, 0.5) is 5.82 Å². The maximum absolute atomic E-state index is 4.65. The van der Waals surface area contributed by atoms with E-state index in [0.717, 1.165) is 38.3 Å². The van der Waals surface area contributed by atoms with Crippen molar-refractivity contribution >= 4 is 17.2 Å². The first-order valence-electron chi connectivity index (χ1n) is 7.58. The Morgan fingerprint density at radius 1 is 1.24 bits per heavy atom. The molecule has 1 unspecified atom stereocenters. The van der Waals surface area contributed by atoms with Crippen molar-refractivity contribution in [1.29, 1.82) is 0 Å². The number of thiophene rings is 1. The summed E-state index contributed by atoms with van der Waals surface area (Å²) in [7, 11) is 2.18. The van der Waals surface area contributed by atoms with E-state index in [1.807, 2.05) is 11.3 Å². The molecule has 0 fully saturated rings. The highest BCUT2D eigenvalue weighted by Crippen LogP contribution is 2.37. The first-order valence-corrected chi connectivity index (χ1v) is 8.46. The molecule has 2 aliphatic heterocycles. The summed E-state index contributed by atoms with van der Waals surface area (Å²) in [5.41, 5.74) is 4.04. The lowest BCUT2D eigenvalue weighted by Gasteiger charge is -2.37. The largest absolute Gasteiger partial charge is 0.349 e. The summed E-state index contributed by atoms with van der Waals surface area (Å²) in [5.74, 6) is 1.15. The third-order valence-electron chi connectivity index (χ3n) is 4.72. The van der Waals surface area contributed by atoms with Crippen molar-refractivity contribution in [2.24, 2.45) is 0 Å². The standard InChI is InChI=1S/C16H20N4S/c1-11-12-5-8-21-15(12)4-7-20(11)16-13-9-19(2)6-3-14(13)17-10-18-16/h5,8,10-11H,3-4,6-7,9H2,1-2H3. The molecule has 0 bridgehead atoms. The Balaban J connectivity index is 1.75. The fourth-order valence-corrected chi connectivity index (χ4v) is 4.47. The number of likely N-dealkylation sites (N-methyl/N-ethyl adjacent to an activating group) is 1. The molecule has 0 amide bonds. The van der Waals surface area contributed by atoms with Crippen LogP contribution in [0.1, 0.15) is 34.7 Å². The van der Waals surface area contributed by atoms with E-state index in [1.54, 1.807) is 11.2 Å². The Labute approximate surface area is 129 Å². The molecule has 0 spiro atoms. The second-order valence-corrected chi connectivity index (χ2v) is 7.03. The zero-order valence-electron chi connectivity index (χ0n) is 12.5. The van der Waals surface area contributed by atoms with Crippen LogP contribution in [0.25, 0.3) is 0 Å². The topological polar surface area (TPSA) is 32.3 Å². The normalized spacial score (nSPS) is 22.0. The monoisotopic (exact) mass is 300 g/mol. The van der Waals surface area contributed by atoms with Crippen molar-refractivity contribution in [2.45, 2.75) is 32.4 Å². The van der Waals surface area contributed by atoms with Gasteiger partial charge in [-0.25, -0.2) is 9.97 Å². The molecule has 21 heavy (non-hydrogen) atoms. The van der Waals surface area contributed by atoms with Crippen LogP contribution >= 0.6 is 11.3 Å². The zero-order chi connectivity index (χ0) is 14.4. The summed E-state index contributed by atoms with van der Waals surface area (Å²) in [4.78, 5) is 15.5. The molecule has 2 aromatic heterocycles. The first-order chi connectivity index (χ1) is 10.2. The summed E-state index contributed by atoms with van der Waals surface area (Å²) in [6.45, 7) is 5.41. The SMILES string of the molecule is CC1c2ccsc2CCN1c1ncnc2c1CN(C)CC2. The first kappa shape index (κ1) is 13.2. The van der Waals surface area contributed by atoms with Crippen molar-refractivity contribution in [3.05, 3.63) is 39.5 Å². The molecule has 0 aromatic carbocycles. The fraction of sp³-hybridized carbons (Fsp3) is 0.500. The Morgan fingerprint density at radius 3 is 3.05 bits per heavy atom. The molecule has 4 heterocycles. The number of aromatic nitrogens is 2. The van der Waals surface area contributed by atoms with Crippen LogP contribution in [-0.4, -0.2) is 35.0 Å². The summed E-state index contributed by atoms with van der Waals surface area (Å²) in [6.07, 6.45) is 3.91. The van der Waals surface area contributed by atoms with Gasteiger partial charge in [-0.1, -0.05) is 0 Å². The maximum atomic E-state index is 4.65. The highest BCUT2D eigenvalue weighted by Gasteiger charge is 2.29. The number of fused-ring (bicyclic) bond motifs is 2. The van der Waals surface area contributed by atoms with Crippen LogP contribution in [-0.2, 0) is 19.4 Å². The van der Waals surface area contributed by atoms with E-state index in [1.165, 1.54) is 16.8 Å². The van der Waals surface area contributed by atoms with Gasteiger partial charge < -0.3 is 9.80 Å². The van der Waals surface area contributed by atoms with Gasteiger partial charge in [-0.2, -0.15) is 0 Å². The van der Waals surface area contributed by atoms with E-state index in [4.69, 9.17) is 0 Å². The average molecular weight is 300 g/mol. The third kappa shape index (κ3) is 2.15. The number of hydrogen-bond donors (Lipinski definition) is 0. The molecule has 4 nitrogen and oxygen atoms in total. The Bertz CT molecular complexity index is 666. The number of rotatable bonds is 1. The molecule has 5 heteroatoms. The van der Waals surface area contributed by atoms with Gasteiger partial charge in [0.15, 0.2) is 0 Å². The fourth-order valence-electron chi connectivity index (χ4n) is 3.51. The summed E-state index contributed by atoms with van der Waals surface area (Å²) >= 11 is 1.89. The van der Waals surface area contributed by atoms with Crippen LogP contribution < -0.4 is 4.90 Å². The number of anilines is 1. The molecule has 0 N–H and O–H groups in total. The van der Waals surface area contributed by atoms with E-state index in [-0.39, 0.29) is 0 Å². The van der Waals surface area contributed by atoms with Gasteiger partial charge in [0, 0.05) is 36.5 Å². The van der Waals surface area contributed by atoms with E-state index in [9.17, 15) is 0 Å². The average Bonchev–Trinajstić information content (AvgIpc) is 2.97. The molecule has 1 atom stereocenters. The molecule has 2 aromatic rings. The molecular formula is C16H20N4S. The number of hydrogen-bond acceptors (Lipinski definition) is 5. The highest BCUT2D eigenvalue weighted by atomic mass is 32.1. The lowest BCUT2D eigenvalue weighted by atomic mass is 9.99. The lowest BCUT2D eigenvalue weighted by Crippen LogP contribution is -2.37. The van der Waals surface area contributed by atoms with Crippen molar-refractivity contribution in [2.75, 3.05) is 25.0 Å². The zero-order valence-corrected chi connectivity index (χ0v) is 13.4. The van der Waals surface area contributed by atoms with Crippen molar-refractivity contribution < 1.29 is 0 Å². The van der Waals surface area contributed by atoms with Gasteiger partial charge >= 0.3 is 0 Å². The van der Waals surface area contributed by atoms with Crippen molar-refractivity contribution in [1.82, 2.24) is 14.9 Å². The van der Waals surface area contributed by atoms with E-state index in [2.05, 4.69) is 45.2 Å². The van der Waals surface area contributed by atoms with Gasteiger partial charge in [0.25, 0.3) is 0 Å². The predicted molar refractivity (Wildman–Crippen MR) is 85.9 cm³/mol. The van der Waals surface area contributed by atoms with Crippen LogP contribution in [0, 0.1) is 0 Å². The Morgan fingerprint density at radius 2 is 2.14 bits per heavy atom. The van der Waals surface area contributed by atoms with Gasteiger partial charge in [-0.05, 0) is 37.4 Å². The van der Waals surface area contributed by atoms with Gasteiger partial charge in [-0.15, -0.1) is 11.3 Å². The molecule has 0 aliphatic carbocycles. The van der Waals surface area contributed by atoms with Crippen molar-refractivity contribution in [3.8, 4) is 0 Å². The van der Waals surface area contributed by atoms with Gasteiger partial charge in [0.1, 0.15) is 12.1 Å². The molecule has 0 saturated heterocycles. The highest BCUT2D eigenvalue weighted by molar-refractivity contribution is 7.10. The minimum atomic E-state index is 0.409. The molecule has 4 rings (SSSR count). The Hall–Kier alpha value is -1.46.